The first-order valence-electron chi connectivity index (χ1n) is 11.1. The molecule has 0 aliphatic heterocycles. The molecule has 0 amide bonds. The zero-order chi connectivity index (χ0) is 25.3. The van der Waals surface area contributed by atoms with Crippen LogP contribution in [0.15, 0.2) is 53.9 Å². The van der Waals surface area contributed by atoms with E-state index >= 15 is 0 Å². The van der Waals surface area contributed by atoms with Gasteiger partial charge in [-0.15, -0.1) is 11.6 Å². The van der Waals surface area contributed by atoms with Gasteiger partial charge in [0.05, 0.1) is 29.8 Å². The summed E-state index contributed by atoms with van der Waals surface area (Å²) >= 11 is 12.0. The van der Waals surface area contributed by atoms with Crippen LogP contribution in [0, 0.1) is 0 Å². The van der Waals surface area contributed by atoms with E-state index in [2.05, 4.69) is 13.8 Å². The molecule has 0 fully saturated rings. The van der Waals surface area contributed by atoms with E-state index in [4.69, 9.17) is 44.3 Å². The molecule has 0 aliphatic carbocycles. The maximum atomic E-state index is 9.58. The highest BCUT2D eigenvalue weighted by Crippen LogP contribution is 2.36. The number of hydrogen-bond acceptors (Lipinski definition) is 7. The van der Waals surface area contributed by atoms with Crippen molar-refractivity contribution in [1.29, 1.82) is 0 Å². The van der Waals surface area contributed by atoms with Crippen LogP contribution in [-0.2, 0) is 5.41 Å². The highest BCUT2D eigenvalue weighted by atomic mass is 35.5. The third kappa shape index (κ3) is 7.68. The molecule has 34 heavy (non-hydrogen) atoms. The summed E-state index contributed by atoms with van der Waals surface area (Å²) < 4.78 is 11.4. The van der Waals surface area contributed by atoms with Gasteiger partial charge in [-0.2, -0.15) is 0 Å². The average molecular weight is 512 g/mol. The van der Waals surface area contributed by atoms with E-state index in [-0.39, 0.29) is 24.5 Å². The minimum absolute atomic E-state index is 0.0860. The first-order valence-corrected chi connectivity index (χ1v) is 12.0. The lowest BCUT2D eigenvalue weighted by molar-refractivity contribution is 0.125. The second kappa shape index (κ2) is 13.1. The molecule has 0 saturated carbocycles. The van der Waals surface area contributed by atoms with Crippen LogP contribution in [0.5, 0.6) is 11.5 Å². The van der Waals surface area contributed by atoms with Gasteiger partial charge in [0.15, 0.2) is 0 Å². The van der Waals surface area contributed by atoms with E-state index in [1.54, 1.807) is 6.92 Å². The van der Waals surface area contributed by atoms with Gasteiger partial charge in [0, 0.05) is 24.1 Å². The first-order chi connectivity index (χ1) is 16.1. The number of nitrogens with zero attached hydrogens (tertiary/aromatic N) is 1. The molecule has 0 bridgehead atoms. The number of rotatable bonds is 13. The molecule has 7 nitrogen and oxygen atoms in total. The number of hydrazine groups is 1. The monoisotopic (exact) mass is 511 g/mol. The molecule has 0 aromatic heterocycles. The molecule has 6 N–H and O–H groups in total. The van der Waals surface area contributed by atoms with Gasteiger partial charge in [-0.1, -0.05) is 43.6 Å². The Bertz CT molecular complexity index is 948. The van der Waals surface area contributed by atoms with Crippen LogP contribution < -0.4 is 21.1 Å². The fourth-order valence-corrected chi connectivity index (χ4v) is 3.70. The molecule has 2 rings (SSSR count). The minimum Gasteiger partial charge on any atom is -0.494 e. The van der Waals surface area contributed by atoms with E-state index in [0.29, 0.717) is 41.7 Å². The number of nitrogens with two attached hydrogens (primary N) is 2. The molecule has 2 aromatic rings. The number of alkyl halides is 1. The van der Waals surface area contributed by atoms with Gasteiger partial charge in [-0.3, -0.25) is 0 Å². The van der Waals surface area contributed by atoms with E-state index in [1.807, 2.05) is 42.5 Å². The second-order valence-electron chi connectivity index (χ2n) is 8.60. The summed E-state index contributed by atoms with van der Waals surface area (Å²) in [5.41, 5.74) is 8.56. The lowest BCUT2D eigenvalue weighted by Gasteiger charge is -2.27. The van der Waals surface area contributed by atoms with E-state index in [0.717, 1.165) is 16.9 Å². The molecule has 0 aliphatic rings. The topological polar surface area (TPSA) is 114 Å². The Hall–Kier alpha value is -2.16. The molecule has 0 radical (unpaired) electrons. The first kappa shape index (κ1) is 28.1. The van der Waals surface area contributed by atoms with Crippen LogP contribution in [0.4, 0.5) is 0 Å². The molecule has 9 heteroatoms. The Morgan fingerprint density at radius 3 is 2.32 bits per heavy atom. The summed E-state index contributed by atoms with van der Waals surface area (Å²) in [7, 11) is 0. The fraction of sp³-hybridized carbons (Fsp3) is 0.440. The number of ether oxygens (including phenoxy) is 2. The summed E-state index contributed by atoms with van der Waals surface area (Å²) in [4.78, 5) is 0. The second-order valence-corrected chi connectivity index (χ2v) is 9.31. The fourth-order valence-electron chi connectivity index (χ4n) is 3.37. The highest BCUT2D eigenvalue weighted by Gasteiger charge is 2.24. The van der Waals surface area contributed by atoms with Crippen LogP contribution in [0.3, 0.4) is 0 Å². The molecular formula is C25H35Cl2N3O4. The summed E-state index contributed by atoms with van der Waals surface area (Å²) in [5, 5.41) is 20.8. The summed E-state index contributed by atoms with van der Waals surface area (Å²) in [6.07, 6.45) is -0.0659. The molecule has 1 atom stereocenters. The molecule has 0 heterocycles. The number of hydrogen-bond donors (Lipinski definition) is 4. The molecular weight excluding hydrogens is 477 g/mol. The highest BCUT2D eigenvalue weighted by molar-refractivity contribution is 6.32. The average Bonchev–Trinajstić information content (AvgIpc) is 2.81. The van der Waals surface area contributed by atoms with Crippen molar-refractivity contribution in [3.8, 4) is 11.5 Å². The number of aliphatic hydroxyl groups is 2. The normalized spacial score (nSPS) is 13.3. The van der Waals surface area contributed by atoms with E-state index in [1.165, 1.54) is 5.01 Å². The van der Waals surface area contributed by atoms with Crippen LogP contribution in [0.1, 0.15) is 38.3 Å². The van der Waals surface area contributed by atoms with Gasteiger partial charge >= 0.3 is 0 Å². The Morgan fingerprint density at radius 1 is 1.12 bits per heavy atom. The molecule has 1 unspecified atom stereocenters. The standard InChI is InChI=1S/C25H35Cl2N3O4/c1-17(28)23(15-31)30(29)11-4-12-33-21-8-5-18(6-9-21)25(2,3)19-7-10-24(22(27)13-19)34-16-20(32)14-26/h5-10,13,20,31-32H,4,11-12,14-16,28-29H2,1-3H3/b23-17-. The maximum Gasteiger partial charge on any atom is 0.138 e. The molecule has 0 spiro atoms. The predicted octanol–water partition coefficient (Wildman–Crippen LogP) is 3.77. The quantitative estimate of drug-likeness (QED) is 0.140. The Balaban J connectivity index is 1.96. The van der Waals surface area contributed by atoms with Gasteiger partial charge in [-0.05, 0) is 42.3 Å². The Labute approximate surface area is 211 Å². The SMILES string of the molecule is C/C(N)=C(\CO)N(N)CCCOc1ccc(C(C)(C)c2ccc(OCC(O)CCl)c(Cl)c2)cc1. The van der Waals surface area contributed by atoms with Crippen LogP contribution in [0.25, 0.3) is 0 Å². The third-order valence-electron chi connectivity index (χ3n) is 5.60. The van der Waals surface area contributed by atoms with Crippen molar-refractivity contribution >= 4 is 23.2 Å². The predicted molar refractivity (Wildman–Crippen MR) is 137 cm³/mol. The van der Waals surface area contributed by atoms with Crippen molar-refractivity contribution in [2.24, 2.45) is 11.6 Å². The van der Waals surface area contributed by atoms with Crippen molar-refractivity contribution in [3.63, 3.8) is 0 Å². The molecule has 188 valence electrons. The molecule has 0 saturated heterocycles. The number of allylic oxidation sites excluding steroid dienone is 1. The van der Waals surface area contributed by atoms with Crippen molar-refractivity contribution in [3.05, 3.63) is 70.0 Å². The van der Waals surface area contributed by atoms with Crippen LogP contribution in [-0.4, -0.2) is 53.6 Å². The van der Waals surface area contributed by atoms with Crippen LogP contribution in [0.2, 0.25) is 5.02 Å². The van der Waals surface area contributed by atoms with Crippen molar-refractivity contribution in [2.75, 3.05) is 32.2 Å². The summed E-state index contributed by atoms with van der Waals surface area (Å²) in [6.45, 7) is 6.82. The van der Waals surface area contributed by atoms with Crippen molar-refractivity contribution in [1.82, 2.24) is 5.01 Å². The largest absolute Gasteiger partial charge is 0.494 e. The lowest BCUT2D eigenvalue weighted by Crippen LogP contribution is -2.35. The van der Waals surface area contributed by atoms with Gasteiger partial charge in [0.25, 0.3) is 0 Å². The number of aliphatic hydroxyl groups excluding tert-OH is 2. The Morgan fingerprint density at radius 2 is 1.76 bits per heavy atom. The smallest absolute Gasteiger partial charge is 0.138 e. The maximum absolute atomic E-state index is 9.58. The summed E-state index contributed by atoms with van der Waals surface area (Å²) in [6, 6.07) is 13.6. The molecule has 2 aromatic carbocycles. The number of halogens is 2. The zero-order valence-electron chi connectivity index (χ0n) is 19.9. The van der Waals surface area contributed by atoms with E-state index in [9.17, 15) is 10.2 Å². The number of benzene rings is 2. The summed E-state index contributed by atoms with van der Waals surface area (Å²) in [5.74, 6) is 7.30. The van der Waals surface area contributed by atoms with Gasteiger partial charge in [0.2, 0.25) is 0 Å². The van der Waals surface area contributed by atoms with Crippen molar-refractivity contribution < 1.29 is 19.7 Å². The van der Waals surface area contributed by atoms with Gasteiger partial charge in [0.1, 0.15) is 24.2 Å². The zero-order valence-corrected chi connectivity index (χ0v) is 21.4. The Kier molecular flexibility index (Phi) is 10.8. The van der Waals surface area contributed by atoms with E-state index < -0.39 is 6.10 Å². The van der Waals surface area contributed by atoms with Gasteiger partial charge in [-0.25, -0.2) is 5.84 Å². The van der Waals surface area contributed by atoms with Crippen LogP contribution >= 0.6 is 23.2 Å². The van der Waals surface area contributed by atoms with Crippen molar-refractivity contribution in [2.45, 2.75) is 38.7 Å². The minimum atomic E-state index is -0.742. The lowest BCUT2D eigenvalue weighted by atomic mass is 9.78. The van der Waals surface area contributed by atoms with Gasteiger partial charge < -0.3 is 30.4 Å². The third-order valence-corrected chi connectivity index (χ3v) is 6.25.